The average molecular weight is 248 g/mol. The summed E-state index contributed by atoms with van der Waals surface area (Å²) < 4.78 is 0. The van der Waals surface area contributed by atoms with Crippen molar-refractivity contribution in [2.45, 2.75) is 77.7 Å². The van der Waals surface area contributed by atoms with Gasteiger partial charge in [0, 0.05) is 11.4 Å². The first-order valence-electron chi connectivity index (χ1n) is 6.93. The van der Waals surface area contributed by atoms with Gasteiger partial charge < -0.3 is 5.32 Å². The van der Waals surface area contributed by atoms with Crippen LogP contribution >= 0.6 is 11.6 Å². The maximum absolute atomic E-state index is 5.76. The first-order chi connectivity index (χ1) is 7.62. The molecule has 98 valence electrons. The lowest BCUT2D eigenvalue weighted by Crippen LogP contribution is -2.40. The molecule has 0 unspecified atom stereocenters. The van der Waals surface area contributed by atoms with Gasteiger partial charge in [-0.1, -0.05) is 45.4 Å². The Kier molecular flexibility index (Phi) is 10.6. The number of halogens is 1. The minimum absolute atomic E-state index is 0.212. The zero-order valence-corrected chi connectivity index (χ0v) is 12.2. The van der Waals surface area contributed by atoms with E-state index < -0.39 is 0 Å². The Bertz CT molecular complexity index is 146. The summed E-state index contributed by atoms with van der Waals surface area (Å²) in [6.45, 7) is 7.87. The highest BCUT2D eigenvalue weighted by Gasteiger charge is 2.14. The lowest BCUT2D eigenvalue weighted by atomic mass is 10.0. The second kappa shape index (κ2) is 10.4. The van der Waals surface area contributed by atoms with Crippen molar-refractivity contribution in [3.63, 3.8) is 0 Å². The van der Waals surface area contributed by atoms with Gasteiger partial charge in [-0.3, -0.25) is 0 Å². The molecule has 1 N–H and O–H groups in total. The molecule has 0 aromatic heterocycles. The van der Waals surface area contributed by atoms with Crippen molar-refractivity contribution in [2.75, 3.05) is 12.4 Å². The molecule has 0 saturated carbocycles. The van der Waals surface area contributed by atoms with Crippen LogP contribution < -0.4 is 5.32 Å². The van der Waals surface area contributed by atoms with Gasteiger partial charge in [0.1, 0.15) is 0 Å². The zero-order chi connectivity index (χ0) is 12.3. The van der Waals surface area contributed by atoms with Crippen LogP contribution in [0, 0.1) is 0 Å². The molecular formula is C14H30ClN. The fraction of sp³-hybridized carbons (Fsp3) is 1.00. The molecule has 0 aromatic rings. The Morgan fingerprint density at radius 1 is 0.938 bits per heavy atom. The third-order valence-corrected chi connectivity index (χ3v) is 3.29. The molecule has 0 atom stereocenters. The van der Waals surface area contributed by atoms with Crippen molar-refractivity contribution in [3.8, 4) is 0 Å². The average Bonchev–Trinajstić information content (AvgIpc) is 2.22. The minimum atomic E-state index is 0.212. The fourth-order valence-corrected chi connectivity index (χ4v) is 2.31. The van der Waals surface area contributed by atoms with Crippen LogP contribution in [0.25, 0.3) is 0 Å². The summed E-state index contributed by atoms with van der Waals surface area (Å²) >= 11 is 5.76. The van der Waals surface area contributed by atoms with E-state index in [9.17, 15) is 0 Å². The molecule has 1 nitrogen and oxygen atoms in total. The molecule has 0 aliphatic rings. The van der Waals surface area contributed by atoms with Crippen molar-refractivity contribution < 1.29 is 0 Å². The molecule has 0 aliphatic carbocycles. The highest BCUT2D eigenvalue weighted by atomic mass is 35.5. The smallest absolute Gasteiger partial charge is 0.0240 e. The molecule has 0 spiro atoms. The summed E-state index contributed by atoms with van der Waals surface area (Å²) in [4.78, 5) is 0. The molecule has 0 radical (unpaired) electrons. The number of hydrogen-bond acceptors (Lipinski definition) is 1. The van der Waals surface area contributed by atoms with E-state index >= 15 is 0 Å². The second-order valence-electron chi connectivity index (χ2n) is 5.37. The first kappa shape index (κ1) is 16.2. The predicted octanol–water partition coefficient (Wildman–Crippen LogP) is 4.73. The van der Waals surface area contributed by atoms with E-state index in [1.54, 1.807) is 0 Å². The fourth-order valence-electron chi connectivity index (χ4n) is 1.83. The number of nitrogens with one attached hydrogen (secondary N) is 1. The Hall–Kier alpha value is 0.250. The Morgan fingerprint density at radius 2 is 1.50 bits per heavy atom. The number of hydrogen-bond donors (Lipinski definition) is 1. The monoisotopic (exact) mass is 247 g/mol. The van der Waals surface area contributed by atoms with Crippen LogP contribution in [0.15, 0.2) is 0 Å². The molecular weight excluding hydrogens is 218 g/mol. The van der Waals surface area contributed by atoms with E-state index in [4.69, 9.17) is 11.6 Å². The summed E-state index contributed by atoms with van der Waals surface area (Å²) in [6, 6.07) is 0. The highest BCUT2D eigenvalue weighted by Crippen LogP contribution is 2.10. The maximum atomic E-state index is 5.76. The third-order valence-electron chi connectivity index (χ3n) is 3.10. The number of unbranched alkanes of at least 4 members (excludes halogenated alkanes) is 6. The van der Waals surface area contributed by atoms with Gasteiger partial charge in [-0.15, -0.1) is 11.6 Å². The van der Waals surface area contributed by atoms with Crippen molar-refractivity contribution >= 4 is 11.6 Å². The molecule has 0 heterocycles. The van der Waals surface area contributed by atoms with Crippen LogP contribution in [0.2, 0.25) is 0 Å². The van der Waals surface area contributed by atoms with Gasteiger partial charge in [0.15, 0.2) is 0 Å². The topological polar surface area (TPSA) is 12.0 Å². The van der Waals surface area contributed by atoms with Crippen LogP contribution in [0.5, 0.6) is 0 Å². The molecule has 0 aliphatic heterocycles. The molecule has 0 aromatic carbocycles. The van der Waals surface area contributed by atoms with E-state index in [2.05, 4.69) is 26.1 Å². The Labute approximate surface area is 107 Å². The minimum Gasteiger partial charge on any atom is -0.312 e. The summed E-state index contributed by atoms with van der Waals surface area (Å²) in [5.41, 5.74) is 0.212. The zero-order valence-electron chi connectivity index (χ0n) is 11.4. The van der Waals surface area contributed by atoms with Gasteiger partial charge >= 0.3 is 0 Å². The van der Waals surface area contributed by atoms with Crippen molar-refractivity contribution in [3.05, 3.63) is 0 Å². The largest absolute Gasteiger partial charge is 0.312 e. The van der Waals surface area contributed by atoms with Crippen LogP contribution in [-0.2, 0) is 0 Å². The molecule has 0 rings (SSSR count). The highest BCUT2D eigenvalue weighted by molar-refractivity contribution is 6.17. The van der Waals surface area contributed by atoms with Gasteiger partial charge in [0.2, 0.25) is 0 Å². The Balaban J connectivity index is 3.20. The normalized spacial score (nSPS) is 12.0. The van der Waals surface area contributed by atoms with Crippen LogP contribution in [0.4, 0.5) is 0 Å². The summed E-state index contributed by atoms with van der Waals surface area (Å²) in [5.74, 6) is 0.747. The SMILES string of the molecule is CCCCCCCCCNC(C)(C)CCCl. The van der Waals surface area contributed by atoms with Gasteiger partial charge in [-0.25, -0.2) is 0 Å². The van der Waals surface area contributed by atoms with Gasteiger partial charge in [-0.2, -0.15) is 0 Å². The van der Waals surface area contributed by atoms with Crippen molar-refractivity contribution in [1.29, 1.82) is 0 Å². The van der Waals surface area contributed by atoms with E-state index in [0.717, 1.165) is 18.8 Å². The van der Waals surface area contributed by atoms with E-state index in [0.29, 0.717) is 0 Å². The first-order valence-corrected chi connectivity index (χ1v) is 7.47. The van der Waals surface area contributed by atoms with Crippen molar-refractivity contribution in [1.82, 2.24) is 5.32 Å². The summed E-state index contributed by atoms with van der Waals surface area (Å²) in [5, 5.41) is 3.58. The lowest BCUT2D eigenvalue weighted by molar-refractivity contribution is 0.372. The van der Waals surface area contributed by atoms with Gasteiger partial charge in [0.25, 0.3) is 0 Å². The molecule has 2 heteroatoms. The van der Waals surface area contributed by atoms with E-state index in [1.165, 1.54) is 44.9 Å². The summed E-state index contributed by atoms with van der Waals surface area (Å²) in [6.07, 6.45) is 10.7. The standard InChI is InChI=1S/C14H30ClN/c1-4-5-6-7-8-9-10-13-16-14(2,3)11-12-15/h16H,4-13H2,1-3H3. The van der Waals surface area contributed by atoms with Crippen LogP contribution in [0.3, 0.4) is 0 Å². The van der Waals surface area contributed by atoms with Crippen molar-refractivity contribution in [2.24, 2.45) is 0 Å². The molecule has 0 fully saturated rings. The van der Waals surface area contributed by atoms with Gasteiger partial charge in [0.05, 0.1) is 0 Å². The van der Waals surface area contributed by atoms with E-state index in [-0.39, 0.29) is 5.54 Å². The third kappa shape index (κ3) is 10.8. The van der Waals surface area contributed by atoms with Gasteiger partial charge in [-0.05, 0) is 33.2 Å². The second-order valence-corrected chi connectivity index (χ2v) is 5.75. The van der Waals surface area contributed by atoms with E-state index in [1.807, 2.05) is 0 Å². The molecule has 16 heavy (non-hydrogen) atoms. The molecule has 0 amide bonds. The lowest BCUT2D eigenvalue weighted by Gasteiger charge is -2.25. The molecule has 0 saturated heterocycles. The summed E-state index contributed by atoms with van der Waals surface area (Å²) in [7, 11) is 0. The van der Waals surface area contributed by atoms with Crippen LogP contribution in [-0.4, -0.2) is 18.0 Å². The number of rotatable bonds is 11. The predicted molar refractivity (Wildman–Crippen MR) is 75.4 cm³/mol. The Morgan fingerprint density at radius 3 is 2.06 bits per heavy atom. The molecule has 0 bridgehead atoms. The number of alkyl halides is 1. The quantitative estimate of drug-likeness (QED) is 0.411. The van der Waals surface area contributed by atoms with Crippen LogP contribution in [0.1, 0.15) is 72.1 Å². The maximum Gasteiger partial charge on any atom is 0.0240 e.